The Balaban J connectivity index is 3.58. The van der Waals surface area contributed by atoms with Crippen LogP contribution in [0.25, 0.3) is 0 Å². The average Bonchev–Trinajstić information content (AvgIpc) is 2.49. The normalized spacial score (nSPS) is 14.7. The molecular formula is C18H32O4. The quantitative estimate of drug-likeness (QED) is 0.336. The summed E-state index contributed by atoms with van der Waals surface area (Å²) in [5.74, 6) is -0.723. The van der Waals surface area contributed by atoms with E-state index >= 15 is 0 Å². The molecule has 0 aliphatic heterocycles. The number of aliphatic hydroxyl groups excluding tert-OH is 2. The van der Waals surface area contributed by atoms with Gasteiger partial charge in [0.15, 0.2) is 0 Å². The molecule has 0 saturated heterocycles. The lowest BCUT2D eigenvalue weighted by atomic mass is 10.1. The molecule has 4 nitrogen and oxygen atoms in total. The van der Waals surface area contributed by atoms with Gasteiger partial charge in [0.1, 0.15) is 12.2 Å². The third kappa shape index (κ3) is 13.8. The zero-order valence-electron chi connectivity index (χ0n) is 13.8. The number of aliphatic hydroxyl groups is 2. The van der Waals surface area contributed by atoms with Crippen molar-refractivity contribution >= 4 is 5.97 Å². The van der Waals surface area contributed by atoms with E-state index in [4.69, 9.17) is 5.11 Å². The maximum atomic E-state index is 10.3. The number of hydrogen-bond acceptors (Lipinski definition) is 3. The molecular weight excluding hydrogens is 280 g/mol. The first-order chi connectivity index (χ1) is 10.6. The number of allylic oxidation sites excluding steroid dienone is 2. The van der Waals surface area contributed by atoms with E-state index in [1.54, 1.807) is 12.2 Å². The van der Waals surface area contributed by atoms with Crippen LogP contribution in [0.2, 0.25) is 0 Å². The van der Waals surface area contributed by atoms with Crippen molar-refractivity contribution in [3.05, 3.63) is 24.3 Å². The van der Waals surface area contributed by atoms with E-state index in [0.29, 0.717) is 0 Å². The van der Waals surface area contributed by atoms with Crippen LogP contribution in [0.3, 0.4) is 0 Å². The third-order valence-corrected chi connectivity index (χ3v) is 3.50. The lowest BCUT2D eigenvalue weighted by Gasteiger charge is -2.09. The Morgan fingerprint density at radius 2 is 1.36 bits per heavy atom. The Hall–Kier alpha value is -1.13. The van der Waals surface area contributed by atoms with Crippen molar-refractivity contribution in [2.75, 3.05) is 0 Å². The van der Waals surface area contributed by atoms with Gasteiger partial charge >= 0.3 is 5.97 Å². The molecule has 0 fully saturated rings. The summed E-state index contributed by atoms with van der Waals surface area (Å²) in [6.45, 7) is 2.12. The maximum Gasteiger partial charge on any atom is 0.303 e. The smallest absolute Gasteiger partial charge is 0.303 e. The van der Waals surface area contributed by atoms with Crippen LogP contribution in [0.4, 0.5) is 0 Å². The summed E-state index contributed by atoms with van der Waals surface area (Å²) in [5.41, 5.74) is 0. The summed E-state index contributed by atoms with van der Waals surface area (Å²) in [6.07, 6.45) is 14.6. The Labute approximate surface area is 134 Å². The second kappa shape index (κ2) is 14.8. The Kier molecular flexibility index (Phi) is 14.0. The zero-order valence-corrected chi connectivity index (χ0v) is 13.8. The second-order valence-corrected chi connectivity index (χ2v) is 5.68. The monoisotopic (exact) mass is 312 g/mol. The molecule has 22 heavy (non-hydrogen) atoms. The molecule has 0 spiro atoms. The van der Waals surface area contributed by atoms with Crippen molar-refractivity contribution in [2.24, 2.45) is 0 Å². The van der Waals surface area contributed by atoms with Crippen LogP contribution in [-0.4, -0.2) is 33.5 Å². The summed E-state index contributed by atoms with van der Waals surface area (Å²) < 4.78 is 0. The number of hydrogen-bond donors (Lipinski definition) is 3. The second-order valence-electron chi connectivity index (χ2n) is 5.68. The molecule has 3 N–H and O–H groups in total. The van der Waals surface area contributed by atoms with Crippen LogP contribution in [0.15, 0.2) is 24.3 Å². The van der Waals surface area contributed by atoms with Gasteiger partial charge in [-0.15, -0.1) is 0 Å². The molecule has 0 aromatic rings. The fourth-order valence-electron chi connectivity index (χ4n) is 2.09. The van der Waals surface area contributed by atoms with E-state index < -0.39 is 18.2 Å². The van der Waals surface area contributed by atoms with Crippen LogP contribution < -0.4 is 0 Å². The van der Waals surface area contributed by atoms with Crippen LogP contribution in [0.5, 0.6) is 0 Å². The van der Waals surface area contributed by atoms with Crippen LogP contribution >= 0.6 is 0 Å². The Bertz CT molecular complexity index is 323. The van der Waals surface area contributed by atoms with Gasteiger partial charge in [0.05, 0.1) is 0 Å². The number of carboxylic acid groups (broad SMARTS) is 1. The topological polar surface area (TPSA) is 77.8 Å². The van der Waals surface area contributed by atoms with Gasteiger partial charge in [-0.25, -0.2) is 0 Å². The Morgan fingerprint density at radius 3 is 1.91 bits per heavy atom. The van der Waals surface area contributed by atoms with Gasteiger partial charge in [-0.1, -0.05) is 63.3 Å². The van der Waals surface area contributed by atoms with Crippen molar-refractivity contribution in [1.29, 1.82) is 0 Å². The van der Waals surface area contributed by atoms with Crippen LogP contribution in [-0.2, 0) is 4.79 Å². The van der Waals surface area contributed by atoms with E-state index in [1.807, 2.05) is 12.2 Å². The van der Waals surface area contributed by atoms with Crippen molar-refractivity contribution in [3.63, 3.8) is 0 Å². The van der Waals surface area contributed by atoms with E-state index in [-0.39, 0.29) is 6.42 Å². The third-order valence-electron chi connectivity index (χ3n) is 3.50. The molecule has 2 unspecified atom stereocenters. The zero-order chi connectivity index (χ0) is 16.6. The first kappa shape index (κ1) is 20.9. The molecule has 0 radical (unpaired) electrons. The number of aliphatic carboxylic acids is 1. The standard InChI is InChI=1S/C18H32O4/c1-2-3-4-10-13-16(19)17(20)14-11-8-6-5-7-9-12-15-18(21)22/h10-11,13-14,16-17,19-20H,2-9,12,15H2,1H3,(H,21,22). The number of rotatable bonds is 14. The summed E-state index contributed by atoms with van der Waals surface area (Å²) in [4.78, 5) is 10.3. The van der Waals surface area contributed by atoms with Crippen molar-refractivity contribution < 1.29 is 20.1 Å². The predicted octanol–water partition coefficient (Wildman–Crippen LogP) is 3.83. The predicted molar refractivity (Wildman–Crippen MR) is 89.8 cm³/mol. The highest BCUT2D eigenvalue weighted by molar-refractivity contribution is 5.66. The molecule has 0 bridgehead atoms. The van der Waals surface area contributed by atoms with Gasteiger partial charge < -0.3 is 15.3 Å². The van der Waals surface area contributed by atoms with Gasteiger partial charge in [0.2, 0.25) is 0 Å². The molecule has 0 aromatic carbocycles. The highest BCUT2D eigenvalue weighted by atomic mass is 16.4. The molecule has 2 atom stereocenters. The maximum absolute atomic E-state index is 10.3. The van der Waals surface area contributed by atoms with Crippen LogP contribution in [0.1, 0.15) is 71.1 Å². The lowest BCUT2D eigenvalue weighted by molar-refractivity contribution is -0.137. The minimum Gasteiger partial charge on any atom is -0.481 e. The molecule has 128 valence electrons. The largest absolute Gasteiger partial charge is 0.481 e. The molecule has 0 heterocycles. The summed E-state index contributed by atoms with van der Waals surface area (Å²) >= 11 is 0. The van der Waals surface area contributed by atoms with E-state index in [1.165, 1.54) is 0 Å². The van der Waals surface area contributed by atoms with Crippen molar-refractivity contribution in [1.82, 2.24) is 0 Å². The highest BCUT2D eigenvalue weighted by Gasteiger charge is 2.08. The SMILES string of the molecule is CCCCC=CC(O)C(O)C=CCCCCCCCC(=O)O. The Morgan fingerprint density at radius 1 is 0.864 bits per heavy atom. The number of carbonyl (C=O) groups is 1. The molecule has 0 rings (SSSR count). The minimum absolute atomic E-state index is 0.260. The highest BCUT2D eigenvalue weighted by Crippen LogP contribution is 2.08. The average molecular weight is 312 g/mol. The van der Waals surface area contributed by atoms with Gasteiger partial charge in [-0.05, 0) is 25.7 Å². The van der Waals surface area contributed by atoms with E-state index in [2.05, 4.69) is 6.92 Å². The number of unbranched alkanes of at least 4 members (excludes halogenated alkanes) is 7. The lowest BCUT2D eigenvalue weighted by Crippen LogP contribution is -2.21. The summed E-state index contributed by atoms with van der Waals surface area (Å²) in [6, 6.07) is 0. The molecule has 0 amide bonds. The molecule has 0 aliphatic rings. The molecule has 0 aromatic heterocycles. The number of carboxylic acids is 1. The summed E-state index contributed by atoms with van der Waals surface area (Å²) in [7, 11) is 0. The molecule has 0 saturated carbocycles. The van der Waals surface area contributed by atoms with Crippen molar-refractivity contribution in [3.8, 4) is 0 Å². The molecule has 0 aliphatic carbocycles. The fraction of sp³-hybridized carbons (Fsp3) is 0.722. The van der Waals surface area contributed by atoms with Crippen LogP contribution in [0, 0.1) is 0 Å². The first-order valence-electron chi connectivity index (χ1n) is 8.49. The van der Waals surface area contributed by atoms with Crippen molar-refractivity contribution in [2.45, 2.75) is 83.3 Å². The van der Waals surface area contributed by atoms with Gasteiger partial charge in [-0.3, -0.25) is 4.79 Å². The van der Waals surface area contributed by atoms with Gasteiger partial charge in [0.25, 0.3) is 0 Å². The van der Waals surface area contributed by atoms with E-state index in [0.717, 1.165) is 57.8 Å². The fourth-order valence-corrected chi connectivity index (χ4v) is 2.09. The molecule has 4 heteroatoms. The van der Waals surface area contributed by atoms with Gasteiger partial charge in [-0.2, -0.15) is 0 Å². The van der Waals surface area contributed by atoms with Gasteiger partial charge in [0, 0.05) is 6.42 Å². The summed E-state index contributed by atoms with van der Waals surface area (Å²) in [5, 5.41) is 28.0. The minimum atomic E-state index is -0.839. The first-order valence-corrected chi connectivity index (χ1v) is 8.49. The van der Waals surface area contributed by atoms with E-state index in [9.17, 15) is 15.0 Å².